The maximum atomic E-state index is 5.90. The van der Waals surface area contributed by atoms with E-state index >= 15 is 0 Å². The third kappa shape index (κ3) is 3.15. The lowest BCUT2D eigenvalue weighted by Gasteiger charge is -2.13. The minimum Gasteiger partial charge on any atom is -0.351 e. The number of halogens is 1. The summed E-state index contributed by atoms with van der Waals surface area (Å²) in [5.74, 6) is 0.644. The van der Waals surface area contributed by atoms with Crippen molar-refractivity contribution in [1.82, 2.24) is 20.2 Å². The Hall–Kier alpha value is -2.66. The number of rotatable bonds is 4. The zero-order valence-corrected chi connectivity index (χ0v) is 12.7. The predicted molar refractivity (Wildman–Crippen MR) is 88.0 cm³/mol. The third-order valence-corrected chi connectivity index (χ3v) is 3.43. The molecular weight excluding hydrogens is 298 g/mol. The van der Waals surface area contributed by atoms with Crippen LogP contribution in [-0.4, -0.2) is 27.3 Å². The molecule has 0 aliphatic rings. The molecule has 0 fully saturated rings. The SMILES string of the molecule is CN(C=Cc1nnnn1-c1ccc(Cl)cc1)c1ccccc1. The quantitative estimate of drug-likeness (QED) is 0.740. The first kappa shape index (κ1) is 14.3. The molecule has 1 aromatic heterocycles. The van der Waals surface area contributed by atoms with Crippen LogP contribution in [0, 0.1) is 0 Å². The summed E-state index contributed by atoms with van der Waals surface area (Å²) in [6.45, 7) is 0. The number of para-hydroxylation sites is 1. The molecule has 22 heavy (non-hydrogen) atoms. The maximum Gasteiger partial charge on any atom is 0.181 e. The molecule has 0 saturated heterocycles. The minimum atomic E-state index is 0.644. The summed E-state index contributed by atoms with van der Waals surface area (Å²) in [4.78, 5) is 2.00. The van der Waals surface area contributed by atoms with E-state index in [1.807, 2.05) is 78.8 Å². The Labute approximate surface area is 133 Å². The molecule has 5 nitrogen and oxygen atoms in total. The molecule has 3 aromatic rings. The van der Waals surface area contributed by atoms with Crippen LogP contribution >= 0.6 is 11.6 Å². The normalized spacial score (nSPS) is 11.0. The van der Waals surface area contributed by atoms with E-state index < -0.39 is 0 Å². The van der Waals surface area contributed by atoms with Crippen LogP contribution < -0.4 is 4.90 Å². The second kappa shape index (κ2) is 6.41. The van der Waals surface area contributed by atoms with Crippen molar-refractivity contribution in [3.8, 4) is 5.69 Å². The number of benzene rings is 2. The number of nitrogens with zero attached hydrogens (tertiary/aromatic N) is 5. The summed E-state index contributed by atoms with van der Waals surface area (Å²) < 4.78 is 1.66. The third-order valence-electron chi connectivity index (χ3n) is 3.18. The van der Waals surface area contributed by atoms with Gasteiger partial charge in [0.15, 0.2) is 5.82 Å². The van der Waals surface area contributed by atoms with Gasteiger partial charge in [-0.2, -0.15) is 4.68 Å². The summed E-state index contributed by atoms with van der Waals surface area (Å²) in [6, 6.07) is 17.4. The van der Waals surface area contributed by atoms with Crippen LogP contribution in [0.1, 0.15) is 5.82 Å². The summed E-state index contributed by atoms with van der Waals surface area (Å²) >= 11 is 5.90. The van der Waals surface area contributed by atoms with Crippen LogP contribution in [0.4, 0.5) is 5.69 Å². The van der Waals surface area contributed by atoms with Gasteiger partial charge in [-0.15, -0.1) is 5.10 Å². The lowest BCUT2D eigenvalue weighted by Crippen LogP contribution is -2.08. The Morgan fingerprint density at radius 1 is 1.05 bits per heavy atom. The summed E-state index contributed by atoms with van der Waals surface area (Å²) in [5.41, 5.74) is 1.95. The van der Waals surface area contributed by atoms with Crippen LogP contribution in [0.3, 0.4) is 0 Å². The highest BCUT2D eigenvalue weighted by Crippen LogP contribution is 2.15. The van der Waals surface area contributed by atoms with Gasteiger partial charge in [0.2, 0.25) is 0 Å². The van der Waals surface area contributed by atoms with Gasteiger partial charge in [-0.05, 0) is 46.8 Å². The van der Waals surface area contributed by atoms with Crippen molar-refractivity contribution in [2.75, 3.05) is 11.9 Å². The number of tetrazole rings is 1. The van der Waals surface area contributed by atoms with Crippen LogP contribution in [0.25, 0.3) is 11.8 Å². The number of hydrogen-bond donors (Lipinski definition) is 0. The van der Waals surface area contributed by atoms with E-state index in [4.69, 9.17) is 11.6 Å². The number of hydrogen-bond acceptors (Lipinski definition) is 4. The Kier molecular flexibility index (Phi) is 4.16. The van der Waals surface area contributed by atoms with Crippen molar-refractivity contribution < 1.29 is 0 Å². The van der Waals surface area contributed by atoms with Gasteiger partial charge in [0, 0.05) is 30.0 Å². The maximum absolute atomic E-state index is 5.90. The van der Waals surface area contributed by atoms with Crippen molar-refractivity contribution in [1.29, 1.82) is 0 Å². The fourth-order valence-electron chi connectivity index (χ4n) is 1.99. The van der Waals surface area contributed by atoms with Crippen molar-refractivity contribution in [3.05, 3.63) is 71.6 Å². The number of aromatic nitrogens is 4. The Morgan fingerprint density at radius 2 is 1.77 bits per heavy atom. The summed E-state index contributed by atoms with van der Waals surface area (Å²) in [5, 5.41) is 12.5. The highest BCUT2D eigenvalue weighted by molar-refractivity contribution is 6.30. The van der Waals surface area contributed by atoms with Gasteiger partial charge in [0.25, 0.3) is 0 Å². The second-order valence-electron chi connectivity index (χ2n) is 4.69. The van der Waals surface area contributed by atoms with Gasteiger partial charge in [-0.1, -0.05) is 29.8 Å². The molecule has 0 spiro atoms. The van der Waals surface area contributed by atoms with E-state index in [0.717, 1.165) is 11.4 Å². The first-order valence-corrected chi connectivity index (χ1v) is 7.12. The Bertz CT molecular complexity index is 765. The Morgan fingerprint density at radius 3 is 2.50 bits per heavy atom. The average Bonchev–Trinajstić information content (AvgIpc) is 3.02. The second-order valence-corrected chi connectivity index (χ2v) is 5.12. The van der Waals surface area contributed by atoms with Crippen LogP contribution in [0.2, 0.25) is 5.02 Å². The van der Waals surface area contributed by atoms with Crippen LogP contribution in [0.15, 0.2) is 60.8 Å². The minimum absolute atomic E-state index is 0.644. The van der Waals surface area contributed by atoms with Gasteiger partial charge in [0.1, 0.15) is 0 Å². The van der Waals surface area contributed by atoms with Gasteiger partial charge in [0.05, 0.1) is 5.69 Å². The lowest BCUT2D eigenvalue weighted by atomic mass is 10.3. The number of anilines is 1. The molecule has 6 heteroatoms. The van der Waals surface area contributed by atoms with Crippen molar-refractivity contribution in [3.63, 3.8) is 0 Å². The summed E-state index contributed by atoms with van der Waals surface area (Å²) in [7, 11) is 1.97. The molecule has 0 unspecified atom stereocenters. The van der Waals surface area contributed by atoms with E-state index in [1.165, 1.54) is 0 Å². The molecule has 0 bridgehead atoms. The van der Waals surface area contributed by atoms with Gasteiger partial charge < -0.3 is 4.90 Å². The first-order chi connectivity index (χ1) is 10.7. The van der Waals surface area contributed by atoms with Gasteiger partial charge >= 0.3 is 0 Å². The van der Waals surface area contributed by atoms with E-state index in [-0.39, 0.29) is 0 Å². The molecule has 0 amide bonds. The molecule has 0 N–H and O–H groups in total. The molecular formula is C16H14ClN5. The highest BCUT2D eigenvalue weighted by Gasteiger charge is 2.05. The summed E-state index contributed by atoms with van der Waals surface area (Å²) in [6.07, 6.45) is 3.79. The molecule has 2 aromatic carbocycles. The smallest absolute Gasteiger partial charge is 0.181 e. The van der Waals surface area contributed by atoms with E-state index in [1.54, 1.807) is 4.68 Å². The molecule has 0 aliphatic heterocycles. The van der Waals surface area contributed by atoms with E-state index in [2.05, 4.69) is 15.5 Å². The molecule has 110 valence electrons. The van der Waals surface area contributed by atoms with Gasteiger partial charge in [-0.25, -0.2) is 0 Å². The van der Waals surface area contributed by atoms with Crippen molar-refractivity contribution in [2.24, 2.45) is 0 Å². The van der Waals surface area contributed by atoms with Crippen LogP contribution in [-0.2, 0) is 0 Å². The monoisotopic (exact) mass is 311 g/mol. The molecule has 0 saturated carbocycles. The molecule has 0 atom stereocenters. The first-order valence-electron chi connectivity index (χ1n) is 6.74. The molecule has 0 radical (unpaired) electrons. The zero-order valence-electron chi connectivity index (χ0n) is 12.0. The van der Waals surface area contributed by atoms with Crippen molar-refractivity contribution in [2.45, 2.75) is 0 Å². The average molecular weight is 312 g/mol. The fraction of sp³-hybridized carbons (Fsp3) is 0.0625. The van der Waals surface area contributed by atoms with Crippen molar-refractivity contribution >= 4 is 23.4 Å². The van der Waals surface area contributed by atoms with Crippen LogP contribution in [0.5, 0.6) is 0 Å². The highest BCUT2D eigenvalue weighted by atomic mass is 35.5. The van der Waals surface area contributed by atoms with E-state index in [0.29, 0.717) is 10.8 Å². The Balaban J connectivity index is 1.83. The largest absolute Gasteiger partial charge is 0.351 e. The molecule has 0 aliphatic carbocycles. The fourth-order valence-corrected chi connectivity index (χ4v) is 2.12. The topological polar surface area (TPSA) is 46.8 Å². The lowest BCUT2D eigenvalue weighted by molar-refractivity contribution is 0.786. The standard InChI is InChI=1S/C16H14ClN5/c1-21(14-5-3-2-4-6-14)12-11-16-18-19-20-22(16)15-9-7-13(17)8-10-15/h2-12H,1H3. The molecule has 3 rings (SSSR count). The predicted octanol–water partition coefficient (Wildman–Crippen LogP) is 3.42. The van der Waals surface area contributed by atoms with Gasteiger partial charge in [-0.3, -0.25) is 0 Å². The molecule has 1 heterocycles. The zero-order chi connectivity index (χ0) is 15.4. The van der Waals surface area contributed by atoms with E-state index in [9.17, 15) is 0 Å².